The van der Waals surface area contributed by atoms with Gasteiger partial charge in [-0.2, -0.15) is 5.10 Å². The molecular formula is C21H26N6OS. The van der Waals surface area contributed by atoms with Crippen molar-refractivity contribution in [3.8, 4) is 0 Å². The van der Waals surface area contributed by atoms with Crippen LogP contribution >= 0.6 is 11.3 Å². The van der Waals surface area contributed by atoms with Gasteiger partial charge in [-0.1, -0.05) is 13.0 Å². The number of carbonyl (C=O) groups is 1. The molecule has 1 amide bonds. The van der Waals surface area contributed by atoms with E-state index in [9.17, 15) is 4.79 Å². The first-order valence-corrected chi connectivity index (χ1v) is 10.9. The van der Waals surface area contributed by atoms with Crippen LogP contribution in [0.5, 0.6) is 0 Å². The molecule has 8 heteroatoms. The van der Waals surface area contributed by atoms with E-state index in [-0.39, 0.29) is 11.9 Å². The molecule has 0 aliphatic carbocycles. The molecule has 1 atom stereocenters. The molecule has 0 fully saturated rings. The van der Waals surface area contributed by atoms with Gasteiger partial charge in [-0.25, -0.2) is 4.98 Å². The average molecular weight is 411 g/mol. The van der Waals surface area contributed by atoms with Crippen molar-refractivity contribution in [1.82, 2.24) is 30.0 Å². The summed E-state index contributed by atoms with van der Waals surface area (Å²) < 4.78 is 1.73. The number of hydrogen-bond donors (Lipinski definition) is 1. The summed E-state index contributed by atoms with van der Waals surface area (Å²) in [4.78, 5) is 25.0. The standard InChI is InChI=1S/C21H26N6OS/c1-3-16-4-5-17(23-8-16)10-26-7-6-18-19(12-29-20(18)11-26)21(28)25-15(2)9-27-14-22-13-24-27/h4-5,8,12-15H,3,6-7,9-11H2,1-2H3,(H,25,28). The summed E-state index contributed by atoms with van der Waals surface area (Å²) in [5.74, 6) is 0.000358. The maximum atomic E-state index is 12.8. The van der Waals surface area contributed by atoms with Crippen LogP contribution in [0.3, 0.4) is 0 Å². The molecule has 1 N–H and O–H groups in total. The van der Waals surface area contributed by atoms with Gasteiger partial charge in [0.15, 0.2) is 0 Å². The smallest absolute Gasteiger partial charge is 0.252 e. The van der Waals surface area contributed by atoms with Crippen molar-refractivity contribution < 1.29 is 4.79 Å². The van der Waals surface area contributed by atoms with Gasteiger partial charge in [0.05, 0.1) is 17.8 Å². The Balaban J connectivity index is 1.36. The van der Waals surface area contributed by atoms with Gasteiger partial charge >= 0.3 is 0 Å². The van der Waals surface area contributed by atoms with Gasteiger partial charge in [-0.15, -0.1) is 11.3 Å². The van der Waals surface area contributed by atoms with Gasteiger partial charge in [-0.05, 0) is 37.0 Å². The van der Waals surface area contributed by atoms with Crippen molar-refractivity contribution in [3.63, 3.8) is 0 Å². The minimum absolute atomic E-state index is 0.000358. The monoisotopic (exact) mass is 410 g/mol. The maximum Gasteiger partial charge on any atom is 0.252 e. The minimum Gasteiger partial charge on any atom is -0.348 e. The summed E-state index contributed by atoms with van der Waals surface area (Å²) in [7, 11) is 0. The van der Waals surface area contributed by atoms with Gasteiger partial charge < -0.3 is 5.32 Å². The van der Waals surface area contributed by atoms with Crippen LogP contribution in [0.25, 0.3) is 0 Å². The third-order valence-corrected chi connectivity index (χ3v) is 6.27. The minimum atomic E-state index is -0.0167. The lowest BCUT2D eigenvalue weighted by molar-refractivity contribution is 0.0934. The zero-order valence-electron chi connectivity index (χ0n) is 16.8. The van der Waals surface area contributed by atoms with E-state index in [1.165, 1.54) is 22.3 Å². The van der Waals surface area contributed by atoms with Crippen LogP contribution in [0, 0.1) is 0 Å². The summed E-state index contributed by atoms with van der Waals surface area (Å²) in [6.45, 7) is 7.39. The first-order valence-electron chi connectivity index (χ1n) is 10.0. The van der Waals surface area contributed by atoms with E-state index in [1.807, 2.05) is 18.5 Å². The molecule has 1 aliphatic rings. The van der Waals surface area contributed by atoms with Gasteiger partial charge in [0.1, 0.15) is 12.7 Å². The molecule has 4 heterocycles. The number of nitrogens with zero attached hydrogens (tertiary/aromatic N) is 5. The van der Waals surface area contributed by atoms with E-state index >= 15 is 0 Å². The molecule has 0 saturated carbocycles. The maximum absolute atomic E-state index is 12.8. The molecule has 3 aromatic rings. The Morgan fingerprint density at radius 2 is 2.28 bits per heavy atom. The Morgan fingerprint density at radius 3 is 3.00 bits per heavy atom. The molecule has 1 unspecified atom stereocenters. The van der Waals surface area contributed by atoms with E-state index in [0.717, 1.165) is 43.7 Å². The van der Waals surface area contributed by atoms with Gasteiger partial charge in [0.25, 0.3) is 5.91 Å². The number of carbonyl (C=O) groups excluding carboxylic acids is 1. The lowest BCUT2D eigenvalue weighted by Gasteiger charge is -2.27. The summed E-state index contributed by atoms with van der Waals surface area (Å²) in [6, 6.07) is 4.27. The van der Waals surface area contributed by atoms with Crippen molar-refractivity contribution in [2.24, 2.45) is 0 Å². The predicted molar refractivity (Wildman–Crippen MR) is 113 cm³/mol. The molecular weight excluding hydrogens is 384 g/mol. The number of aromatic nitrogens is 4. The van der Waals surface area contributed by atoms with Crippen molar-refractivity contribution in [1.29, 1.82) is 0 Å². The zero-order valence-corrected chi connectivity index (χ0v) is 17.7. The van der Waals surface area contributed by atoms with Crippen LogP contribution < -0.4 is 5.32 Å². The number of nitrogens with one attached hydrogen (secondary N) is 1. The van der Waals surface area contributed by atoms with Crippen LogP contribution in [0.2, 0.25) is 0 Å². The second-order valence-corrected chi connectivity index (χ2v) is 8.48. The summed E-state index contributed by atoms with van der Waals surface area (Å²) >= 11 is 1.68. The van der Waals surface area contributed by atoms with E-state index in [1.54, 1.807) is 22.3 Å². The van der Waals surface area contributed by atoms with Crippen LogP contribution in [0.15, 0.2) is 36.4 Å². The number of amides is 1. The largest absolute Gasteiger partial charge is 0.348 e. The number of rotatable bonds is 7. The fourth-order valence-electron chi connectivity index (χ4n) is 3.65. The molecule has 7 nitrogen and oxygen atoms in total. The molecule has 0 spiro atoms. The first kappa shape index (κ1) is 19.7. The molecule has 3 aromatic heterocycles. The van der Waals surface area contributed by atoms with Gasteiger partial charge in [-0.3, -0.25) is 19.4 Å². The topological polar surface area (TPSA) is 75.9 Å². The van der Waals surface area contributed by atoms with Crippen LogP contribution in [-0.4, -0.2) is 43.1 Å². The quantitative estimate of drug-likeness (QED) is 0.648. The fraction of sp³-hybridized carbons (Fsp3) is 0.429. The van der Waals surface area contributed by atoms with E-state index < -0.39 is 0 Å². The fourth-order valence-corrected chi connectivity index (χ4v) is 4.77. The van der Waals surface area contributed by atoms with E-state index in [4.69, 9.17) is 0 Å². The third-order valence-electron chi connectivity index (χ3n) is 5.26. The van der Waals surface area contributed by atoms with E-state index in [0.29, 0.717) is 6.54 Å². The number of thiophene rings is 1. The Morgan fingerprint density at radius 1 is 1.38 bits per heavy atom. The average Bonchev–Trinajstić information content (AvgIpc) is 3.38. The zero-order chi connectivity index (χ0) is 20.2. The highest BCUT2D eigenvalue weighted by atomic mass is 32.1. The SMILES string of the molecule is CCc1ccc(CN2CCc3c(C(=O)NC(C)Cn4cncn4)csc3C2)nc1. The second-order valence-electron chi connectivity index (χ2n) is 7.52. The molecule has 0 aromatic carbocycles. The van der Waals surface area contributed by atoms with Crippen molar-refractivity contribution >= 4 is 17.2 Å². The van der Waals surface area contributed by atoms with Crippen molar-refractivity contribution in [3.05, 3.63) is 63.6 Å². The second kappa shape index (κ2) is 8.84. The van der Waals surface area contributed by atoms with Gasteiger partial charge in [0, 0.05) is 42.1 Å². The Kier molecular flexibility index (Phi) is 6.01. The molecule has 0 bridgehead atoms. The molecule has 152 valence electrons. The lowest BCUT2D eigenvalue weighted by Crippen LogP contribution is -2.37. The highest BCUT2D eigenvalue weighted by Crippen LogP contribution is 2.29. The van der Waals surface area contributed by atoms with Crippen LogP contribution in [-0.2, 0) is 32.5 Å². The molecule has 1 aliphatic heterocycles. The first-order chi connectivity index (χ1) is 14.1. The molecule has 0 radical (unpaired) electrons. The number of fused-ring (bicyclic) bond motifs is 1. The Bertz CT molecular complexity index is 950. The lowest BCUT2D eigenvalue weighted by atomic mass is 10.0. The highest BCUT2D eigenvalue weighted by Gasteiger charge is 2.24. The molecule has 0 saturated heterocycles. The normalized spacial score (nSPS) is 15.1. The van der Waals surface area contributed by atoms with E-state index in [2.05, 4.69) is 44.3 Å². The number of hydrogen-bond acceptors (Lipinski definition) is 6. The van der Waals surface area contributed by atoms with Gasteiger partial charge in [0.2, 0.25) is 0 Å². The van der Waals surface area contributed by atoms with Crippen molar-refractivity contribution in [2.75, 3.05) is 6.54 Å². The highest BCUT2D eigenvalue weighted by molar-refractivity contribution is 7.10. The summed E-state index contributed by atoms with van der Waals surface area (Å²) in [5, 5.41) is 9.18. The third kappa shape index (κ3) is 4.71. The predicted octanol–water partition coefficient (Wildman–Crippen LogP) is 2.67. The van der Waals surface area contributed by atoms with Crippen molar-refractivity contribution in [2.45, 2.75) is 52.4 Å². The number of pyridine rings is 1. The Labute approximate surface area is 174 Å². The van der Waals surface area contributed by atoms with Crippen LogP contribution in [0.4, 0.5) is 0 Å². The summed E-state index contributed by atoms with van der Waals surface area (Å²) in [5.41, 5.74) is 4.38. The molecule has 4 rings (SSSR count). The summed E-state index contributed by atoms with van der Waals surface area (Å²) in [6.07, 6.45) is 7.04. The van der Waals surface area contributed by atoms with Crippen LogP contribution in [0.1, 0.15) is 45.9 Å². The Hall–Kier alpha value is -2.58. The number of aryl methyl sites for hydroxylation is 1. The molecule has 29 heavy (non-hydrogen) atoms.